The Morgan fingerprint density at radius 1 is 1.31 bits per heavy atom. The number of para-hydroxylation sites is 1. The fourth-order valence-electron chi connectivity index (χ4n) is 1.41. The third-order valence-electron chi connectivity index (χ3n) is 2.14. The number of rotatable bonds is 1. The number of phenols is 1. The molecule has 0 radical (unpaired) electrons. The van der Waals surface area contributed by atoms with Crippen LogP contribution in [-0.4, -0.2) is 18.3 Å². The Morgan fingerprint density at radius 3 is 2.69 bits per heavy atom. The Hall–Kier alpha value is -1.06. The molecule has 1 aliphatic rings. The lowest BCUT2D eigenvalue weighted by atomic mass is 10.1. The first kappa shape index (κ1) is 8.53. The average Bonchev–Trinajstić information content (AvgIpc) is 2.62. The van der Waals surface area contributed by atoms with Gasteiger partial charge in [-0.05, 0) is 12.5 Å². The highest BCUT2D eigenvalue weighted by Crippen LogP contribution is 2.32. The summed E-state index contributed by atoms with van der Waals surface area (Å²) in [6.45, 7) is 3.05. The molecule has 0 unspecified atom stereocenters. The lowest BCUT2D eigenvalue weighted by molar-refractivity contribution is -0.0455. The Morgan fingerprint density at radius 2 is 2.00 bits per heavy atom. The molecule has 1 N–H and O–H groups in total. The molecule has 1 aromatic rings. The van der Waals surface area contributed by atoms with Crippen LogP contribution in [0, 0.1) is 6.92 Å². The van der Waals surface area contributed by atoms with Crippen LogP contribution in [0.1, 0.15) is 17.4 Å². The predicted octanol–water partition coefficient (Wildman–Crippen LogP) is 1.75. The zero-order valence-electron chi connectivity index (χ0n) is 7.49. The number of phenolic OH excluding ortho intramolecular Hbond substituents is 1. The van der Waals surface area contributed by atoms with Crippen LogP contribution < -0.4 is 0 Å². The number of benzene rings is 1. The molecule has 0 aliphatic carbocycles. The predicted molar refractivity (Wildman–Crippen MR) is 47.5 cm³/mol. The summed E-state index contributed by atoms with van der Waals surface area (Å²) in [5, 5.41) is 9.70. The summed E-state index contributed by atoms with van der Waals surface area (Å²) in [4.78, 5) is 0. The molecule has 0 amide bonds. The second kappa shape index (κ2) is 3.36. The van der Waals surface area contributed by atoms with Crippen molar-refractivity contribution in [3.63, 3.8) is 0 Å². The molecule has 1 aromatic carbocycles. The smallest absolute Gasteiger partial charge is 0.187 e. The molecule has 1 fully saturated rings. The Labute approximate surface area is 76.9 Å². The second-order valence-corrected chi connectivity index (χ2v) is 3.09. The summed E-state index contributed by atoms with van der Waals surface area (Å²) in [6.07, 6.45) is -0.389. The van der Waals surface area contributed by atoms with Crippen LogP contribution in [-0.2, 0) is 9.47 Å². The topological polar surface area (TPSA) is 38.7 Å². The van der Waals surface area contributed by atoms with E-state index in [2.05, 4.69) is 0 Å². The van der Waals surface area contributed by atoms with E-state index < -0.39 is 0 Å². The highest BCUT2D eigenvalue weighted by molar-refractivity contribution is 5.40. The third kappa shape index (κ3) is 1.53. The Bertz CT molecular complexity index is 303. The van der Waals surface area contributed by atoms with E-state index in [1.54, 1.807) is 0 Å². The summed E-state index contributed by atoms with van der Waals surface area (Å²) in [6, 6.07) is 5.56. The summed E-state index contributed by atoms with van der Waals surface area (Å²) >= 11 is 0. The maximum atomic E-state index is 9.70. The summed E-state index contributed by atoms with van der Waals surface area (Å²) < 4.78 is 10.6. The van der Waals surface area contributed by atoms with E-state index in [0.717, 1.165) is 11.1 Å². The molecule has 0 atom stereocenters. The molecule has 0 bridgehead atoms. The lowest BCUT2D eigenvalue weighted by Gasteiger charge is -2.12. The van der Waals surface area contributed by atoms with Gasteiger partial charge in [0.15, 0.2) is 6.29 Å². The molecule has 0 saturated carbocycles. The van der Waals surface area contributed by atoms with Crippen LogP contribution in [0.5, 0.6) is 5.75 Å². The van der Waals surface area contributed by atoms with Gasteiger partial charge in [0.1, 0.15) is 5.75 Å². The molecule has 70 valence electrons. The van der Waals surface area contributed by atoms with Crippen molar-refractivity contribution in [1.29, 1.82) is 0 Å². The van der Waals surface area contributed by atoms with Gasteiger partial charge in [0.05, 0.1) is 13.2 Å². The van der Waals surface area contributed by atoms with Gasteiger partial charge in [-0.2, -0.15) is 0 Å². The number of aromatic hydroxyl groups is 1. The molecular formula is C10H12O3. The Kier molecular flexibility index (Phi) is 2.20. The third-order valence-corrected chi connectivity index (χ3v) is 2.14. The first-order chi connectivity index (χ1) is 6.29. The van der Waals surface area contributed by atoms with Gasteiger partial charge in [0, 0.05) is 5.56 Å². The molecule has 13 heavy (non-hydrogen) atoms. The van der Waals surface area contributed by atoms with Crippen molar-refractivity contribution in [3.05, 3.63) is 29.3 Å². The van der Waals surface area contributed by atoms with Crippen molar-refractivity contribution in [3.8, 4) is 5.75 Å². The Balaban J connectivity index is 2.33. The van der Waals surface area contributed by atoms with Crippen molar-refractivity contribution in [2.45, 2.75) is 13.2 Å². The van der Waals surface area contributed by atoms with Crippen molar-refractivity contribution >= 4 is 0 Å². The number of hydrogen-bond acceptors (Lipinski definition) is 3. The fourth-order valence-corrected chi connectivity index (χ4v) is 1.41. The maximum Gasteiger partial charge on any atom is 0.187 e. The van der Waals surface area contributed by atoms with Gasteiger partial charge >= 0.3 is 0 Å². The van der Waals surface area contributed by atoms with E-state index in [9.17, 15) is 5.11 Å². The van der Waals surface area contributed by atoms with Crippen LogP contribution in [0.25, 0.3) is 0 Å². The van der Waals surface area contributed by atoms with Crippen molar-refractivity contribution in [2.24, 2.45) is 0 Å². The lowest BCUT2D eigenvalue weighted by Crippen LogP contribution is -1.98. The summed E-state index contributed by atoms with van der Waals surface area (Å²) in [7, 11) is 0. The van der Waals surface area contributed by atoms with Crippen LogP contribution in [0.15, 0.2) is 18.2 Å². The fraction of sp³-hybridized carbons (Fsp3) is 0.400. The second-order valence-electron chi connectivity index (χ2n) is 3.09. The van der Waals surface area contributed by atoms with Gasteiger partial charge in [-0.25, -0.2) is 0 Å². The van der Waals surface area contributed by atoms with E-state index in [1.165, 1.54) is 0 Å². The van der Waals surface area contributed by atoms with Gasteiger partial charge in [-0.1, -0.05) is 18.2 Å². The monoisotopic (exact) mass is 180 g/mol. The number of hydrogen-bond donors (Lipinski definition) is 1. The highest BCUT2D eigenvalue weighted by atomic mass is 16.7. The molecule has 3 heteroatoms. The van der Waals surface area contributed by atoms with E-state index in [4.69, 9.17) is 9.47 Å². The molecule has 0 spiro atoms. The number of ether oxygens (including phenoxy) is 2. The molecule has 1 saturated heterocycles. The van der Waals surface area contributed by atoms with Crippen molar-refractivity contribution in [1.82, 2.24) is 0 Å². The number of aryl methyl sites for hydroxylation is 1. The van der Waals surface area contributed by atoms with Gasteiger partial charge in [-0.3, -0.25) is 0 Å². The molecule has 3 nitrogen and oxygen atoms in total. The first-order valence-corrected chi connectivity index (χ1v) is 4.31. The van der Waals surface area contributed by atoms with Gasteiger partial charge in [0.25, 0.3) is 0 Å². The van der Waals surface area contributed by atoms with Gasteiger partial charge in [0.2, 0.25) is 0 Å². The van der Waals surface area contributed by atoms with E-state index in [1.807, 2.05) is 25.1 Å². The quantitative estimate of drug-likeness (QED) is 0.715. The van der Waals surface area contributed by atoms with Crippen LogP contribution in [0.3, 0.4) is 0 Å². The van der Waals surface area contributed by atoms with Crippen LogP contribution in [0.2, 0.25) is 0 Å². The van der Waals surface area contributed by atoms with Gasteiger partial charge in [-0.15, -0.1) is 0 Å². The maximum absolute atomic E-state index is 9.70. The zero-order valence-corrected chi connectivity index (χ0v) is 7.49. The molecule has 2 rings (SSSR count). The van der Waals surface area contributed by atoms with E-state index in [0.29, 0.717) is 13.2 Å². The standard InChI is InChI=1S/C10H12O3/c1-7-3-2-4-8(9(7)11)10-12-5-6-13-10/h2-4,10-11H,5-6H2,1H3. The normalized spacial score (nSPS) is 17.9. The molecule has 1 heterocycles. The van der Waals surface area contributed by atoms with E-state index >= 15 is 0 Å². The molecular weight excluding hydrogens is 168 g/mol. The van der Waals surface area contributed by atoms with Crippen LogP contribution in [0.4, 0.5) is 0 Å². The van der Waals surface area contributed by atoms with Crippen LogP contribution >= 0.6 is 0 Å². The molecule has 0 aromatic heterocycles. The minimum absolute atomic E-state index is 0.273. The largest absolute Gasteiger partial charge is 0.507 e. The average molecular weight is 180 g/mol. The molecule has 1 aliphatic heterocycles. The first-order valence-electron chi connectivity index (χ1n) is 4.31. The summed E-state index contributed by atoms with van der Waals surface area (Å²) in [5.74, 6) is 0.273. The SMILES string of the molecule is Cc1cccc(C2OCCO2)c1O. The zero-order chi connectivity index (χ0) is 9.26. The van der Waals surface area contributed by atoms with Crippen molar-refractivity contribution < 1.29 is 14.6 Å². The highest BCUT2D eigenvalue weighted by Gasteiger charge is 2.21. The minimum atomic E-state index is -0.389. The minimum Gasteiger partial charge on any atom is -0.507 e. The van der Waals surface area contributed by atoms with Gasteiger partial charge < -0.3 is 14.6 Å². The van der Waals surface area contributed by atoms with E-state index in [-0.39, 0.29) is 12.0 Å². The van der Waals surface area contributed by atoms with Crippen molar-refractivity contribution in [2.75, 3.05) is 13.2 Å². The summed E-state index contributed by atoms with van der Waals surface area (Å²) in [5.41, 5.74) is 1.56.